The van der Waals surface area contributed by atoms with E-state index in [0.717, 1.165) is 11.3 Å². The number of benzene rings is 1. The standard InChI is InChI=1S/C14H20N6O/c1-14(2)7-11(21)20(3)10-5-4-8(6-9(10)14)18-13(17)19-12(15)16/h4-6H,7H2,1-3H3,(H6,15,16,17,18,19). The lowest BCUT2D eigenvalue weighted by atomic mass is 9.77. The minimum absolute atomic E-state index is 0.00648. The number of nitrogens with two attached hydrogens (primary N) is 3. The Kier molecular flexibility index (Phi) is 3.59. The van der Waals surface area contributed by atoms with E-state index in [2.05, 4.69) is 9.98 Å². The molecule has 0 aromatic heterocycles. The number of fused-ring (bicyclic) bond motifs is 1. The molecule has 0 saturated carbocycles. The van der Waals surface area contributed by atoms with Gasteiger partial charge >= 0.3 is 0 Å². The zero-order valence-corrected chi connectivity index (χ0v) is 12.4. The van der Waals surface area contributed by atoms with Gasteiger partial charge in [-0.15, -0.1) is 0 Å². The molecule has 1 heterocycles. The Hall–Kier alpha value is -2.57. The summed E-state index contributed by atoms with van der Waals surface area (Å²) in [6.07, 6.45) is 0.451. The molecule has 112 valence electrons. The molecule has 7 heteroatoms. The molecule has 2 rings (SSSR count). The highest BCUT2D eigenvalue weighted by molar-refractivity contribution is 5.98. The number of aliphatic imine (C=N–C) groups is 2. The summed E-state index contributed by atoms with van der Waals surface area (Å²) in [7, 11) is 1.77. The first-order chi connectivity index (χ1) is 9.70. The topological polar surface area (TPSA) is 123 Å². The maximum absolute atomic E-state index is 12.0. The molecular weight excluding hydrogens is 268 g/mol. The molecule has 0 saturated heterocycles. The first-order valence-electron chi connectivity index (χ1n) is 6.55. The van der Waals surface area contributed by atoms with E-state index < -0.39 is 0 Å². The molecule has 0 bridgehead atoms. The average Bonchev–Trinajstić information content (AvgIpc) is 2.34. The highest BCUT2D eigenvalue weighted by Crippen LogP contribution is 2.41. The lowest BCUT2D eigenvalue weighted by Gasteiger charge is -2.36. The maximum atomic E-state index is 12.0. The van der Waals surface area contributed by atoms with Crippen LogP contribution < -0.4 is 22.1 Å². The number of nitrogens with zero attached hydrogens (tertiary/aromatic N) is 3. The van der Waals surface area contributed by atoms with Crippen LogP contribution in [-0.2, 0) is 10.2 Å². The van der Waals surface area contributed by atoms with Crippen LogP contribution >= 0.6 is 0 Å². The minimum Gasteiger partial charge on any atom is -0.370 e. The van der Waals surface area contributed by atoms with Crippen molar-refractivity contribution in [1.82, 2.24) is 0 Å². The molecule has 0 aliphatic carbocycles. The van der Waals surface area contributed by atoms with Crippen molar-refractivity contribution in [3.63, 3.8) is 0 Å². The Morgan fingerprint density at radius 3 is 2.57 bits per heavy atom. The first-order valence-corrected chi connectivity index (χ1v) is 6.55. The van der Waals surface area contributed by atoms with Gasteiger partial charge in [0.05, 0.1) is 5.69 Å². The van der Waals surface area contributed by atoms with Crippen molar-refractivity contribution in [3.8, 4) is 0 Å². The Labute approximate surface area is 123 Å². The van der Waals surface area contributed by atoms with Gasteiger partial charge in [0.1, 0.15) is 0 Å². The van der Waals surface area contributed by atoms with E-state index in [-0.39, 0.29) is 23.2 Å². The van der Waals surface area contributed by atoms with Crippen LogP contribution in [0.2, 0.25) is 0 Å². The molecule has 6 N–H and O–H groups in total. The molecule has 1 aliphatic rings. The van der Waals surface area contributed by atoms with Gasteiger partial charge in [-0.1, -0.05) is 13.8 Å². The number of carbonyl (C=O) groups is 1. The normalized spacial score (nSPS) is 17.4. The Bertz CT molecular complexity index is 643. The molecule has 0 radical (unpaired) electrons. The van der Waals surface area contributed by atoms with E-state index in [1.54, 1.807) is 18.0 Å². The Balaban J connectivity index is 2.48. The third-order valence-electron chi connectivity index (χ3n) is 3.53. The molecular formula is C14H20N6O. The van der Waals surface area contributed by atoms with Crippen LogP contribution in [0.5, 0.6) is 0 Å². The van der Waals surface area contributed by atoms with Crippen molar-refractivity contribution in [2.75, 3.05) is 11.9 Å². The van der Waals surface area contributed by atoms with Gasteiger partial charge in [0.25, 0.3) is 0 Å². The predicted molar refractivity (Wildman–Crippen MR) is 84.6 cm³/mol. The van der Waals surface area contributed by atoms with Crippen LogP contribution in [0.25, 0.3) is 0 Å². The molecule has 1 aliphatic heterocycles. The number of carbonyl (C=O) groups excluding carboxylic acids is 1. The van der Waals surface area contributed by atoms with E-state index in [0.29, 0.717) is 12.1 Å². The zero-order chi connectivity index (χ0) is 15.8. The van der Waals surface area contributed by atoms with Crippen molar-refractivity contribution in [1.29, 1.82) is 0 Å². The summed E-state index contributed by atoms with van der Waals surface area (Å²) in [5, 5.41) is 0. The molecule has 1 aromatic carbocycles. The monoisotopic (exact) mass is 288 g/mol. The van der Waals surface area contributed by atoms with Gasteiger partial charge in [0.2, 0.25) is 11.9 Å². The lowest BCUT2D eigenvalue weighted by molar-refractivity contribution is -0.119. The van der Waals surface area contributed by atoms with Gasteiger partial charge < -0.3 is 22.1 Å². The quantitative estimate of drug-likeness (QED) is 0.515. The zero-order valence-electron chi connectivity index (χ0n) is 12.4. The van der Waals surface area contributed by atoms with Crippen LogP contribution in [0, 0.1) is 0 Å². The second-order valence-corrected chi connectivity index (χ2v) is 5.72. The largest absolute Gasteiger partial charge is 0.370 e. The van der Waals surface area contributed by atoms with Gasteiger partial charge in [-0.25, -0.2) is 4.99 Å². The predicted octanol–water partition coefficient (Wildman–Crippen LogP) is 0.550. The smallest absolute Gasteiger partial charge is 0.227 e. The molecule has 7 nitrogen and oxygen atoms in total. The fourth-order valence-corrected chi connectivity index (χ4v) is 2.44. The van der Waals surface area contributed by atoms with E-state index in [4.69, 9.17) is 17.2 Å². The molecule has 0 fully saturated rings. The van der Waals surface area contributed by atoms with Gasteiger partial charge in [0, 0.05) is 24.6 Å². The van der Waals surface area contributed by atoms with Crippen molar-refractivity contribution >= 4 is 29.2 Å². The minimum atomic E-state index is -0.255. The van der Waals surface area contributed by atoms with Gasteiger partial charge in [-0.05, 0) is 23.8 Å². The maximum Gasteiger partial charge on any atom is 0.227 e. The van der Waals surface area contributed by atoms with Gasteiger partial charge in [0.15, 0.2) is 5.96 Å². The third kappa shape index (κ3) is 2.96. The highest BCUT2D eigenvalue weighted by atomic mass is 16.2. The number of guanidine groups is 2. The number of hydrogen-bond donors (Lipinski definition) is 3. The molecule has 1 aromatic rings. The SMILES string of the molecule is CN1C(=O)CC(C)(C)c2cc(N=C(N)N=C(N)N)ccc21. The van der Waals surface area contributed by atoms with Crippen LogP contribution in [0.15, 0.2) is 28.2 Å². The lowest BCUT2D eigenvalue weighted by Crippen LogP contribution is -2.39. The number of anilines is 1. The highest BCUT2D eigenvalue weighted by Gasteiger charge is 2.35. The molecule has 21 heavy (non-hydrogen) atoms. The van der Waals surface area contributed by atoms with E-state index in [1.807, 2.05) is 26.0 Å². The fourth-order valence-electron chi connectivity index (χ4n) is 2.44. The second kappa shape index (κ2) is 5.08. The number of amides is 1. The summed E-state index contributed by atoms with van der Waals surface area (Å²) in [5.74, 6) is -0.0448. The molecule has 0 atom stereocenters. The van der Waals surface area contributed by atoms with Crippen molar-refractivity contribution in [2.45, 2.75) is 25.7 Å². The van der Waals surface area contributed by atoms with E-state index in [9.17, 15) is 4.79 Å². The van der Waals surface area contributed by atoms with Crippen molar-refractivity contribution in [2.24, 2.45) is 27.2 Å². The summed E-state index contributed by atoms with van der Waals surface area (Å²) in [5.41, 5.74) is 18.5. The summed E-state index contributed by atoms with van der Waals surface area (Å²) in [4.78, 5) is 21.5. The number of hydrogen-bond acceptors (Lipinski definition) is 2. The first kappa shape index (κ1) is 14.8. The average molecular weight is 288 g/mol. The van der Waals surface area contributed by atoms with E-state index in [1.165, 1.54) is 0 Å². The van der Waals surface area contributed by atoms with Crippen molar-refractivity contribution < 1.29 is 4.79 Å². The summed E-state index contributed by atoms with van der Waals surface area (Å²) >= 11 is 0. The van der Waals surface area contributed by atoms with Crippen molar-refractivity contribution in [3.05, 3.63) is 23.8 Å². The van der Waals surface area contributed by atoms with Crippen LogP contribution in [0.4, 0.5) is 11.4 Å². The molecule has 0 unspecified atom stereocenters. The van der Waals surface area contributed by atoms with Gasteiger partial charge in [-0.3, -0.25) is 4.79 Å². The van der Waals surface area contributed by atoms with Crippen LogP contribution in [0.3, 0.4) is 0 Å². The third-order valence-corrected chi connectivity index (χ3v) is 3.53. The summed E-state index contributed by atoms with van der Waals surface area (Å²) < 4.78 is 0. The molecule has 0 spiro atoms. The molecule has 1 amide bonds. The van der Waals surface area contributed by atoms with Gasteiger partial charge in [-0.2, -0.15) is 4.99 Å². The summed E-state index contributed by atoms with van der Waals surface area (Å²) in [6.45, 7) is 4.06. The number of rotatable bonds is 1. The Morgan fingerprint density at radius 1 is 1.29 bits per heavy atom. The second-order valence-electron chi connectivity index (χ2n) is 5.72. The van der Waals surface area contributed by atoms with E-state index >= 15 is 0 Å². The van der Waals surface area contributed by atoms with Crippen LogP contribution in [-0.4, -0.2) is 24.9 Å². The Morgan fingerprint density at radius 2 is 1.95 bits per heavy atom. The summed E-state index contributed by atoms with van der Waals surface area (Å²) in [6, 6.07) is 5.54. The van der Waals surface area contributed by atoms with Crippen LogP contribution in [0.1, 0.15) is 25.8 Å². The fraction of sp³-hybridized carbons (Fsp3) is 0.357.